The normalized spacial score (nSPS) is 10.5. The van der Waals surface area contributed by atoms with Crippen molar-refractivity contribution in [2.45, 2.75) is 19.8 Å². The summed E-state index contributed by atoms with van der Waals surface area (Å²) in [4.78, 5) is 10.8. The monoisotopic (exact) mass is 196 g/mol. The largest absolute Gasteiger partial charge is 0.477 e. The topological polar surface area (TPSA) is 68.2 Å². The van der Waals surface area contributed by atoms with Gasteiger partial charge in [-0.2, -0.15) is 0 Å². The summed E-state index contributed by atoms with van der Waals surface area (Å²) in [5, 5.41) is 8.88. The van der Waals surface area contributed by atoms with Crippen LogP contribution in [-0.4, -0.2) is 22.2 Å². The van der Waals surface area contributed by atoms with E-state index in [1.807, 2.05) is 6.92 Å². The molecule has 1 aromatic heterocycles. The molecule has 0 saturated carbocycles. The minimum Gasteiger partial charge on any atom is -0.477 e. The summed E-state index contributed by atoms with van der Waals surface area (Å²) < 4.78 is 1.73. The lowest BCUT2D eigenvalue weighted by molar-refractivity contribution is 0.0686. The maximum absolute atomic E-state index is 10.8. The van der Waals surface area contributed by atoms with Gasteiger partial charge >= 0.3 is 5.97 Å². The molecule has 0 aromatic carbocycles. The van der Waals surface area contributed by atoms with Crippen LogP contribution in [0.4, 0.5) is 0 Å². The molecule has 0 aliphatic carbocycles. The van der Waals surface area contributed by atoms with Crippen LogP contribution in [0, 0.1) is 6.92 Å². The van der Waals surface area contributed by atoms with Gasteiger partial charge in [-0.3, -0.25) is 0 Å². The van der Waals surface area contributed by atoms with Gasteiger partial charge in [-0.25, -0.2) is 4.79 Å². The van der Waals surface area contributed by atoms with Gasteiger partial charge in [0.15, 0.2) is 0 Å². The molecule has 0 aliphatic heterocycles. The highest BCUT2D eigenvalue weighted by atomic mass is 16.4. The molecule has 1 rings (SSSR count). The number of hydrogen-bond donors (Lipinski definition) is 2. The second-order valence-corrected chi connectivity index (χ2v) is 3.42. The Morgan fingerprint density at radius 1 is 1.64 bits per heavy atom. The Hall–Kier alpha value is -1.29. The Morgan fingerprint density at radius 2 is 2.29 bits per heavy atom. The van der Waals surface area contributed by atoms with Crippen LogP contribution in [0.15, 0.2) is 6.07 Å². The number of aromatic nitrogens is 1. The second kappa shape index (κ2) is 4.28. The van der Waals surface area contributed by atoms with Crippen LogP contribution in [0.3, 0.4) is 0 Å². The first-order valence-electron chi connectivity index (χ1n) is 4.66. The highest BCUT2D eigenvalue weighted by molar-refractivity contribution is 5.86. The molecule has 0 fully saturated rings. The van der Waals surface area contributed by atoms with Gasteiger partial charge in [0.1, 0.15) is 5.69 Å². The van der Waals surface area contributed by atoms with Crippen LogP contribution in [0.2, 0.25) is 0 Å². The van der Waals surface area contributed by atoms with E-state index in [-0.39, 0.29) is 0 Å². The predicted octanol–water partition coefficient (Wildman–Crippen LogP) is 0.923. The maximum Gasteiger partial charge on any atom is 0.352 e. The van der Waals surface area contributed by atoms with Crippen LogP contribution in [-0.2, 0) is 13.5 Å². The third-order valence-corrected chi connectivity index (χ3v) is 2.41. The van der Waals surface area contributed by atoms with E-state index in [0.29, 0.717) is 12.2 Å². The minimum atomic E-state index is -0.880. The Kier molecular flexibility index (Phi) is 3.30. The highest BCUT2D eigenvalue weighted by Gasteiger charge is 2.13. The van der Waals surface area contributed by atoms with E-state index in [0.717, 1.165) is 24.1 Å². The van der Waals surface area contributed by atoms with E-state index in [1.165, 1.54) is 0 Å². The number of nitrogens with zero attached hydrogens (tertiary/aromatic N) is 1. The third-order valence-electron chi connectivity index (χ3n) is 2.41. The summed E-state index contributed by atoms with van der Waals surface area (Å²) in [6.45, 7) is 2.56. The summed E-state index contributed by atoms with van der Waals surface area (Å²) >= 11 is 0. The van der Waals surface area contributed by atoms with Gasteiger partial charge in [-0.15, -0.1) is 0 Å². The van der Waals surface area contributed by atoms with Gasteiger partial charge in [0.05, 0.1) is 0 Å². The zero-order valence-electron chi connectivity index (χ0n) is 8.58. The lowest BCUT2D eigenvalue weighted by Crippen LogP contribution is -2.08. The number of carboxylic acid groups (broad SMARTS) is 1. The molecule has 14 heavy (non-hydrogen) atoms. The molecular formula is C10H16N2O2. The van der Waals surface area contributed by atoms with Crippen molar-refractivity contribution in [1.82, 2.24) is 4.57 Å². The fraction of sp³-hybridized carbons (Fsp3) is 0.500. The van der Waals surface area contributed by atoms with Gasteiger partial charge in [0, 0.05) is 12.7 Å². The van der Waals surface area contributed by atoms with Crippen molar-refractivity contribution in [3.63, 3.8) is 0 Å². The van der Waals surface area contributed by atoms with Crippen molar-refractivity contribution < 1.29 is 9.90 Å². The molecule has 0 aliphatic rings. The predicted molar refractivity (Wildman–Crippen MR) is 54.5 cm³/mol. The first-order chi connectivity index (χ1) is 6.57. The number of carboxylic acids is 1. The van der Waals surface area contributed by atoms with Crippen molar-refractivity contribution in [1.29, 1.82) is 0 Å². The van der Waals surface area contributed by atoms with Crippen molar-refractivity contribution in [3.8, 4) is 0 Å². The van der Waals surface area contributed by atoms with Gasteiger partial charge in [0.25, 0.3) is 0 Å². The van der Waals surface area contributed by atoms with E-state index < -0.39 is 5.97 Å². The Bertz CT molecular complexity index is 342. The zero-order valence-corrected chi connectivity index (χ0v) is 8.58. The molecule has 0 atom stereocenters. The first-order valence-corrected chi connectivity index (χ1v) is 4.66. The number of hydrogen-bond acceptors (Lipinski definition) is 2. The van der Waals surface area contributed by atoms with Crippen molar-refractivity contribution in [3.05, 3.63) is 23.0 Å². The number of rotatable bonds is 4. The van der Waals surface area contributed by atoms with Gasteiger partial charge in [0.2, 0.25) is 0 Å². The number of nitrogens with two attached hydrogens (primary N) is 1. The van der Waals surface area contributed by atoms with E-state index in [9.17, 15) is 4.79 Å². The molecule has 3 N–H and O–H groups in total. The summed E-state index contributed by atoms with van der Waals surface area (Å²) in [5.74, 6) is -0.880. The average molecular weight is 196 g/mol. The summed E-state index contributed by atoms with van der Waals surface area (Å²) in [6.07, 6.45) is 1.73. The van der Waals surface area contributed by atoms with Crippen LogP contribution in [0.25, 0.3) is 0 Å². The van der Waals surface area contributed by atoms with Gasteiger partial charge < -0.3 is 15.4 Å². The molecule has 0 spiro atoms. The summed E-state index contributed by atoms with van der Waals surface area (Å²) in [5.41, 5.74) is 7.85. The van der Waals surface area contributed by atoms with E-state index in [4.69, 9.17) is 10.8 Å². The molecule has 0 radical (unpaired) electrons. The summed E-state index contributed by atoms with van der Waals surface area (Å²) in [6, 6.07) is 1.70. The van der Waals surface area contributed by atoms with Crippen LogP contribution < -0.4 is 5.73 Å². The molecule has 0 unspecified atom stereocenters. The minimum absolute atomic E-state index is 0.342. The van der Waals surface area contributed by atoms with Crippen molar-refractivity contribution in [2.24, 2.45) is 12.8 Å². The molecule has 4 heteroatoms. The number of aromatic carboxylic acids is 1. The fourth-order valence-corrected chi connectivity index (χ4v) is 1.63. The standard InChI is InChI=1S/C10H16N2O2/c1-7-6-9(10(13)14)12(2)8(7)4-3-5-11/h6H,3-5,11H2,1-2H3,(H,13,14). The smallest absolute Gasteiger partial charge is 0.352 e. The number of aryl methyl sites for hydroxylation is 1. The molecule has 78 valence electrons. The second-order valence-electron chi connectivity index (χ2n) is 3.42. The Labute approximate surface area is 83.3 Å². The molecular weight excluding hydrogens is 180 g/mol. The summed E-state index contributed by atoms with van der Waals surface area (Å²) in [7, 11) is 1.78. The van der Waals surface area contributed by atoms with Gasteiger partial charge in [-0.1, -0.05) is 0 Å². The van der Waals surface area contributed by atoms with E-state index in [1.54, 1.807) is 17.7 Å². The quantitative estimate of drug-likeness (QED) is 0.752. The molecule has 4 nitrogen and oxygen atoms in total. The van der Waals surface area contributed by atoms with Crippen LogP contribution >= 0.6 is 0 Å². The van der Waals surface area contributed by atoms with Crippen molar-refractivity contribution in [2.75, 3.05) is 6.54 Å². The lowest BCUT2D eigenvalue weighted by Gasteiger charge is -2.05. The average Bonchev–Trinajstić information content (AvgIpc) is 2.40. The zero-order chi connectivity index (χ0) is 10.7. The molecule has 1 heterocycles. The third kappa shape index (κ3) is 1.96. The maximum atomic E-state index is 10.8. The fourth-order valence-electron chi connectivity index (χ4n) is 1.63. The SMILES string of the molecule is Cc1cc(C(=O)O)n(C)c1CCCN. The van der Waals surface area contributed by atoms with Crippen LogP contribution in [0.1, 0.15) is 28.2 Å². The van der Waals surface area contributed by atoms with Gasteiger partial charge in [-0.05, 0) is 37.9 Å². The van der Waals surface area contributed by atoms with E-state index >= 15 is 0 Å². The van der Waals surface area contributed by atoms with Crippen LogP contribution in [0.5, 0.6) is 0 Å². The Morgan fingerprint density at radius 3 is 2.71 bits per heavy atom. The first kappa shape index (κ1) is 10.8. The van der Waals surface area contributed by atoms with Crippen molar-refractivity contribution >= 4 is 5.97 Å². The molecule has 1 aromatic rings. The lowest BCUT2D eigenvalue weighted by atomic mass is 10.2. The molecule has 0 saturated heterocycles. The molecule has 0 bridgehead atoms. The highest BCUT2D eigenvalue weighted by Crippen LogP contribution is 2.15. The molecule has 0 amide bonds. The Balaban J connectivity index is 2.99. The number of carbonyl (C=O) groups is 1. The van der Waals surface area contributed by atoms with E-state index in [2.05, 4.69) is 0 Å².